The summed E-state index contributed by atoms with van der Waals surface area (Å²) in [6.07, 6.45) is 0. The zero-order valence-corrected chi connectivity index (χ0v) is 12.3. The number of ether oxygens (including phenoxy) is 1. The van der Waals surface area contributed by atoms with Gasteiger partial charge in [0.1, 0.15) is 0 Å². The predicted molar refractivity (Wildman–Crippen MR) is 81.2 cm³/mol. The first kappa shape index (κ1) is 14.8. The highest BCUT2D eigenvalue weighted by atomic mass is 16.5. The monoisotopic (exact) mass is 277 g/mol. The van der Waals surface area contributed by atoms with Gasteiger partial charge in [-0.05, 0) is 24.7 Å². The number of rotatable bonds is 5. The minimum Gasteiger partial charge on any atom is -0.379 e. The van der Waals surface area contributed by atoms with Gasteiger partial charge >= 0.3 is 0 Å². The van der Waals surface area contributed by atoms with Crippen molar-refractivity contribution in [3.8, 4) is 0 Å². The van der Waals surface area contributed by atoms with Crippen LogP contribution in [0.15, 0.2) is 24.3 Å². The molecule has 0 aliphatic carbocycles. The van der Waals surface area contributed by atoms with Crippen molar-refractivity contribution in [1.29, 1.82) is 0 Å². The first-order valence-electron chi connectivity index (χ1n) is 7.01. The largest absolute Gasteiger partial charge is 0.379 e. The quantitative estimate of drug-likeness (QED) is 0.852. The van der Waals surface area contributed by atoms with Gasteiger partial charge in [0.15, 0.2) is 0 Å². The van der Waals surface area contributed by atoms with E-state index < -0.39 is 0 Å². The van der Waals surface area contributed by atoms with Crippen LogP contribution in [0.25, 0.3) is 0 Å². The van der Waals surface area contributed by atoms with E-state index in [1.165, 1.54) is 0 Å². The molecule has 0 bridgehead atoms. The van der Waals surface area contributed by atoms with Crippen LogP contribution in [0.1, 0.15) is 6.92 Å². The van der Waals surface area contributed by atoms with Gasteiger partial charge in [0.2, 0.25) is 5.91 Å². The Bertz CT molecular complexity index is 462. The normalized spacial score (nSPS) is 21.8. The van der Waals surface area contributed by atoms with Crippen LogP contribution in [0, 0.1) is 5.92 Å². The summed E-state index contributed by atoms with van der Waals surface area (Å²) in [7, 11) is 3.96. The Kier molecular flexibility index (Phi) is 4.98. The van der Waals surface area contributed by atoms with E-state index in [-0.39, 0.29) is 17.9 Å². The number of hydrogen-bond acceptors (Lipinski definition) is 4. The number of nitrogens with zero attached hydrogens (tertiary/aromatic N) is 1. The molecule has 1 aliphatic heterocycles. The van der Waals surface area contributed by atoms with Crippen molar-refractivity contribution in [2.45, 2.75) is 13.0 Å². The second kappa shape index (κ2) is 6.72. The van der Waals surface area contributed by atoms with Crippen LogP contribution in [0.2, 0.25) is 0 Å². The Morgan fingerprint density at radius 1 is 1.40 bits per heavy atom. The number of nitrogens with one attached hydrogen (secondary N) is 2. The molecule has 1 fully saturated rings. The summed E-state index contributed by atoms with van der Waals surface area (Å²) >= 11 is 0. The molecule has 1 aromatic rings. The van der Waals surface area contributed by atoms with Crippen molar-refractivity contribution in [3.05, 3.63) is 24.3 Å². The van der Waals surface area contributed by atoms with E-state index in [4.69, 9.17) is 4.74 Å². The number of carbonyl (C=O) groups excluding carboxylic acids is 1. The van der Waals surface area contributed by atoms with Crippen molar-refractivity contribution in [2.75, 3.05) is 44.1 Å². The molecule has 5 nitrogen and oxygen atoms in total. The van der Waals surface area contributed by atoms with E-state index >= 15 is 0 Å². The zero-order chi connectivity index (χ0) is 14.5. The smallest absolute Gasteiger partial charge is 0.231 e. The number of carbonyl (C=O) groups is 1. The SMILES string of the molecule is CCNC1COCC1C(=O)Nc1cccc(N(C)C)c1. The van der Waals surface area contributed by atoms with Gasteiger partial charge in [-0.25, -0.2) is 0 Å². The Morgan fingerprint density at radius 2 is 2.20 bits per heavy atom. The maximum Gasteiger partial charge on any atom is 0.231 e. The second-order valence-electron chi connectivity index (χ2n) is 5.24. The van der Waals surface area contributed by atoms with Gasteiger partial charge in [-0.1, -0.05) is 13.0 Å². The maximum absolute atomic E-state index is 12.3. The third-order valence-electron chi connectivity index (χ3n) is 3.51. The molecule has 2 N–H and O–H groups in total. The van der Waals surface area contributed by atoms with Gasteiger partial charge < -0.3 is 20.3 Å². The standard InChI is InChI=1S/C15H23N3O2/c1-4-16-14-10-20-9-13(14)15(19)17-11-6-5-7-12(8-11)18(2)3/h5-8,13-14,16H,4,9-10H2,1-3H3,(H,17,19). The summed E-state index contributed by atoms with van der Waals surface area (Å²) in [4.78, 5) is 14.3. The third-order valence-corrected chi connectivity index (χ3v) is 3.51. The molecule has 0 aromatic heterocycles. The maximum atomic E-state index is 12.3. The summed E-state index contributed by atoms with van der Waals surface area (Å²) < 4.78 is 5.41. The van der Waals surface area contributed by atoms with Gasteiger partial charge in [-0.2, -0.15) is 0 Å². The van der Waals surface area contributed by atoms with Gasteiger partial charge in [-0.3, -0.25) is 4.79 Å². The average molecular weight is 277 g/mol. The number of benzene rings is 1. The Hall–Kier alpha value is -1.59. The molecule has 2 atom stereocenters. The highest BCUT2D eigenvalue weighted by molar-refractivity contribution is 5.93. The molecule has 5 heteroatoms. The highest BCUT2D eigenvalue weighted by Gasteiger charge is 2.33. The molecule has 110 valence electrons. The van der Waals surface area contributed by atoms with Crippen molar-refractivity contribution >= 4 is 17.3 Å². The molecule has 0 spiro atoms. The predicted octanol–water partition coefficient (Wildman–Crippen LogP) is 1.32. The minimum absolute atomic E-state index is 0.0179. The average Bonchev–Trinajstić information content (AvgIpc) is 2.88. The fourth-order valence-electron chi connectivity index (χ4n) is 2.37. The molecule has 2 unspecified atom stereocenters. The van der Waals surface area contributed by atoms with Crippen LogP contribution in [0.5, 0.6) is 0 Å². The minimum atomic E-state index is -0.127. The van der Waals surface area contributed by atoms with E-state index in [1.807, 2.05) is 50.2 Å². The second-order valence-corrected chi connectivity index (χ2v) is 5.24. The summed E-state index contributed by atoms with van der Waals surface area (Å²) in [5, 5.41) is 6.28. The van der Waals surface area contributed by atoms with E-state index in [0.29, 0.717) is 13.2 Å². The molecule has 1 aliphatic rings. The Balaban J connectivity index is 2.02. The molecule has 1 amide bonds. The lowest BCUT2D eigenvalue weighted by Crippen LogP contribution is -2.41. The van der Waals surface area contributed by atoms with Gasteiger partial charge in [0.25, 0.3) is 0 Å². The van der Waals surface area contributed by atoms with Crippen molar-refractivity contribution in [2.24, 2.45) is 5.92 Å². The molecule has 1 heterocycles. The summed E-state index contributed by atoms with van der Waals surface area (Å²) in [6, 6.07) is 7.93. The summed E-state index contributed by atoms with van der Waals surface area (Å²) in [5.41, 5.74) is 1.89. The van der Waals surface area contributed by atoms with Crippen LogP contribution < -0.4 is 15.5 Å². The summed E-state index contributed by atoms with van der Waals surface area (Å²) in [6.45, 7) is 3.96. The molecule has 2 rings (SSSR count). The molecule has 0 saturated carbocycles. The first-order chi connectivity index (χ1) is 9.61. The summed E-state index contributed by atoms with van der Waals surface area (Å²) in [5.74, 6) is -0.109. The molecular formula is C15H23N3O2. The van der Waals surface area contributed by atoms with Crippen LogP contribution >= 0.6 is 0 Å². The van der Waals surface area contributed by atoms with E-state index in [1.54, 1.807) is 0 Å². The number of likely N-dealkylation sites (N-methyl/N-ethyl adjacent to an activating group) is 1. The fourth-order valence-corrected chi connectivity index (χ4v) is 2.37. The van der Waals surface area contributed by atoms with Crippen LogP contribution in [-0.2, 0) is 9.53 Å². The number of amides is 1. The molecular weight excluding hydrogens is 254 g/mol. The van der Waals surface area contributed by atoms with Crippen molar-refractivity contribution in [1.82, 2.24) is 5.32 Å². The van der Waals surface area contributed by atoms with Crippen LogP contribution in [0.4, 0.5) is 11.4 Å². The fraction of sp³-hybridized carbons (Fsp3) is 0.533. The van der Waals surface area contributed by atoms with Crippen molar-refractivity contribution < 1.29 is 9.53 Å². The van der Waals surface area contributed by atoms with Gasteiger partial charge in [0.05, 0.1) is 19.1 Å². The van der Waals surface area contributed by atoms with Gasteiger partial charge in [0, 0.05) is 31.5 Å². The third kappa shape index (κ3) is 3.49. The zero-order valence-electron chi connectivity index (χ0n) is 12.3. The topological polar surface area (TPSA) is 53.6 Å². The van der Waals surface area contributed by atoms with E-state index in [2.05, 4.69) is 10.6 Å². The number of anilines is 2. The molecule has 1 aromatic carbocycles. The lowest BCUT2D eigenvalue weighted by atomic mass is 10.0. The lowest BCUT2D eigenvalue weighted by Gasteiger charge is -2.19. The lowest BCUT2D eigenvalue weighted by molar-refractivity contribution is -0.120. The van der Waals surface area contributed by atoms with Gasteiger partial charge in [-0.15, -0.1) is 0 Å². The van der Waals surface area contributed by atoms with E-state index in [9.17, 15) is 4.79 Å². The Labute approximate surface area is 120 Å². The van der Waals surface area contributed by atoms with Crippen molar-refractivity contribution in [3.63, 3.8) is 0 Å². The highest BCUT2D eigenvalue weighted by Crippen LogP contribution is 2.20. The molecule has 0 radical (unpaired) electrons. The molecule has 1 saturated heterocycles. The van der Waals surface area contributed by atoms with E-state index in [0.717, 1.165) is 17.9 Å². The van der Waals surface area contributed by atoms with Crippen LogP contribution in [0.3, 0.4) is 0 Å². The van der Waals surface area contributed by atoms with Crippen LogP contribution in [-0.4, -0.2) is 45.8 Å². The molecule has 20 heavy (non-hydrogen) atoms. The Morgan fingerprint density at radius 3 is 2.90 bits per heavy atom. The first-order valence-corrected chi connectivity index (χ1v) is 7.01. The number of hydrogen-bond donors (Lipinski definition) is 2.